The van der Waals surface area contributed by atoms with E-state index in [0.717, 1.165) is 16.8 Å². The molecule has 0 saturated heterocycles. The zero-order chi connectivity index (χ0) is 21.1. The molecule has 4 aromatic rings. The maximum Gasteiger partial charge on any atom is 0.342 e. The average Bonchev–Trinajstić information content (AvgIpc) is 3.16. The van der Waals surface area contributed by atoms with Crippen LogP contribution in [0.2, 0.25) is 0 Å². The third kappa shape index (κ3) is 4.00. The summed E-state index contributed by atoms with van der Waals surface area (Å²) in [6.07, 6.45) is 3.91. The largest absolute Gasteiger partial charge is 0.455 e. The Balaban J connectivity index is 1.51. The molecule has 0 N–H and O–H groups in total. The Hall–Kier alpha value is -3.74. The fourth-order valence-corrected chi connectivity index (χ4v) is 3.40. The summed E-state index contributed by atoms with van der Waals surface area (Å²) < 4.78 is 8.73. The van der Waals surface area contributed by atoms with Crippen LogP contribution in [0.5, 0.6) is 0 Å². The SMILES string of the molecule is CCc1c(C(=O)OCc2cc(=O)n3cc(C)ccc3n2)cnn1Cc1ccccc1. The third-order valence-electron chi connectivity index (χ3n) is 4.89. The standard InChI is InChI=1S/C23H22N4O3/c1-3-20-19(12-24-27(20)14-17-7-5-4-6-8-17)23(29)30-15-18-11-22(28)26-13-16(2)9-10-21(26)25-18/h4-13H,3,14-15H2,1-2H3. The topological polar surface area (TPSA) is 78.5 Å². The Kier molecular flexibility index (Phi) is 5.43. The van der Waals surface area contributed by atoms with Crippen LogP contribution in [0.1, 0.15) is 39.8 Å². The second-order valence-electron chi connectivity index (χ2n) is 7.10. The monoisotopic (exact) mass is 402 g/mol. The van der Waals surface area contributed by atoms with E-state index in [-0.39, 0.29) is 12.2 Å². The van der Waals surface area contributed by atoms with Crippen molar-refractivity contribution in [3.8, 4) is 0 Å². The number of ether oxygens (including phenoxy) is 1. The van der Waals surface area contributed by atoms with E-state index >= 15 is 0 Å². The van der Waals surface area contributed by atoms with Gasteiger partial charge in [0.1, 0.15) is 17.8 Å². The first-order chi connectivity index (χ1) is 14.5. The molecule has 152 valence electrons. The third-order valence-corrected chi connectivity index (χ3v) is 4.89. The highest BCUT2D eigenvalue weighted by molar-refractivity contribution is 5.90. The molecule has 7 heteroatoms. The molecule has 0 unspecified atom stereocenters. The zero-order valence-electron chi connectivity index (χ0n) is 16.9. The molecule has 7 nitrogen and oxygen atoms in total. The number of benzene rings is 1. The van der Waals surface area contributed by atoms with Crippen LogP contribution in [-0.4, -0.2) is 25.1 Å². The molecule has 3 aromatic heterocycles. The Morgan fingerprint density at radius 1 is 1.13 bits per heavy atom. The lowest BCUT2D eigenvalue weighted by Crippen LogP contribution is -2.17. The molecule has 0 aliphatic rings. The number of aromatic nitrogens is 4. The summed E-state index contributed by atoms with van der Waals surface area (Å²) in [6, 6.07) is 15.0. The van der Waals surface area contributed by atoms with Crippen molar-refractivity contribution in [3.05, 3.63) is 99.4 Å². The van der Waals surface area contributed by atoms with Gasteiger partial charge in [-0.25, -0.2) is 9.78 Å². The van der Waals surface area contributed by atoms with Gasteiger partial charge in [0.2, 0.25) is 0 Å². The number of carbonyl (C=O) groups excluding carboxylic acids is 1. The molecule has 30 heavy (non-hydrogen) atoms. The van der Waals surface area contributed by atoms with E-state index in [9.17, 15) is 9.59 Å². The molecular weight excluding hydrogens is 380 g/mol. The predicted molar refractivity (Wildman–Crippen MR) is 112 cm³/mol. The van der Waals surface area contributed by atoms with Gasteiger partial charge in [-0.3, -0.25) is 13.9 Å². The predicted octanol–water partition coefficient (Wildman–Crippen LogP) is 3.17. The van der Waals surface area contributed by atoms with E-state index in [1.807, 2.05) is 54.9 Å². The Bertz CT molecular complexity index is 1260. The van der Waals surface area contributed by atoms with Crippen molar-refractivity contribution in [1.82, 2.24) is 19.2 Å². The van der Waals surface area contributed by atoms with Crippen LogP contribution in [0.4, 0.5) is 0 Å². The first-order valence-corrected chi connectivity index (χ1v) is 9.80. The van der Waals surface area contributed by atoms with Gasteiger partial charge >= 0.3 is 5.97 Å². The molecule has 1 aromatic carbocycles. The van der Waals surface area contributed by atoms with E-state index in [4.69, 9.17) is 4.74 Å². The summed E-state index contributed by atoms with van der Waals surface area (Å²) in [5, 5.41) is 4.37. The van der Waals surface area contributed by atoms with E-state index in [1.165, 1.54) is 16.7 Å². The highest BCUT2D eigenvalue weighted by Gasteiger charge is 2.18. The number of carbonyl (C=O) groups is 1. The maximum atomic E-state index is 12.7. The molecule has 0 atom stereocenters. The Morgan fingerprint density at radius 2 is 1.93 bits per heavy atom. The molecule has 0 fully saturated rings. The summed E-state index contributed by atoms with van der Waals surface area (Å²) in [5.41, 5.74) is 4.03. The summed E-state index contributed by atoms with van der Waals surface area (Å²) in [7, 11) is 0. The second kappa shape index (κ2) is 8.32. The van der Waals surface area contributed by atoms with Gasteiger partial charge in [0.15, 0.2) is 0 Å². The lowest BCUT2D eigenvalue weighted by atomic mass is 10.2. The lowest BCUT2D eigenvalue weighted by molar-refractivity contribution is 0.0466. The van der Waals surface area contributed by atoms with E-state index in [1.54, 1.807) is 12.3 Å². The first-order valence-electron chi connectivity index (χ1n) is 9.80. The van der Waals surface area contributed by atoms with Crippen molar-refractivity contribution < 1.29 is 9.53 Å². The fraction of sp³-hybridized carbons (Fsp3) is 0.217. The molecule has 0 aliphatic carbocycles. The van der Waals surface area contributed by atoms with Crippen LogP contribution in [0.25, 0.3) is 5.65 Å². The van der Waals surface area contributed by atoms with Crippen LogP contribution in [0, 0.1) is 6.92 Å². The molecule has 3 heterocycles. The normalized spacial score (nSPS) is 11.0. The van der Waals surface area contributed by atoms with Crippen molar-refractivity contribution >= 4 is 11.6 Å². The number of pyridine rings is 1. The number of fused-ring (bicyclic) bond motifs is 1. The molecule has 0 spiro atoms. The van der Waals surface area contributed by atoms with Gasteiger partial charge in [0, 0.05) is 12.3 Å². The van der Waals surface area contributed by atoms with Crippen LogP contribution in [0.15, 0.2) is 65.7 Å². The van der Waals surface area contributed by atoms with Crippen LogP contribution >= 0.6 is 0 Å². The molecule has 4 rings (SSSR count). The minimum absolute atomic E-state index is 0.0779. The van der Waals surface area contributed by atoms with Crippen molar-refractivity contribution in [2.45, 2.75) is 33.4 Å². The van der Waals surface area contributed by atoms with E-state index in [2.05, 4.69) is 10.1 Å². The highest BCUT2D eigenvalue weighted by atomic mass is 16.5. The summed E-state index contributed by atoms with van der Waals surface area (Å²) in [6.45, 7) is 4.39. The van der Waals surface area contributed by atoms with Gasteiger partial charge in [-0.15, -0.1) is 0 Å². The van der Waals surface area contributed by atoms with Crippen LogP contribution < -0.4 is 5.56 Å². The molecule has 0 amide bonds. The van der Waals surface area contributed by atoms with Gasteiger partial charge in [-0.1, -0.05) is 43.3 Å². The van der Waals surface area contributed by atoms with Gasteiger partial charge < -0.3 is 4.74 Å². The van der Waals surface area contributed by atoms with Crippen LogP contribution in [0.3, 0.4) is 0 Å². The van der Waals surface area contributed by atoms with E-state index < -0.39 is 5.97 Å². The minimum atomic E-state index is -0.475. The average molecular weight is 402 g/mol. The number of esters is 1. The zero-order valence-corrected chi connectivity index (χ0v) is 16.9. The molecule has 0 aliphatic heterocycles. The van der Waals surface area contributed by atoms with Gasteiger partial charge in [0.05, 0.1) is 24.1 Å². The number of rotatable bonds is 6. The van der Waals surface area contributed by atoms with Crippen LogP contribution in [-0.2, 0) is 24.3 Å². The van der Waals surface area contributed by atoms with Crippen molar-refractivity contribution in [3.63, 3.8) is 0 Å². The minimum Gasteiger partial charge on any atom is -0.455 e. The number of nitrogens with zero attached hydrogens (tertiary/aromatic N) is 4. The first kappa shape index (κ1) is 19.6. The van der Waals surface area contributed by atoms with Gasteiger partial charge in [-0.2, -0.15) is 5.10 Å². The highest BCUT2D eigenvalue weighted by Crippen LogP contribution is 2.14. The molecule has 0 bridgehead atoms. The molecule has 0 radical (unpaired) electrons. The van der Waals surface area contributed by atoms with Gasteiger partial charge in [-0.05, 0) is 30.5 Å². The Morgan fingerprint density at radius 3 is 2.70 bits per heavy atom. The summed E-state index contributed by atoms with van der Waals surface area (Å²) >= 11 is 0. The second-order valence-corrected chi connectivity index (χ2v) is 7.10. The number of hydrogen-bond acceptors (Lipinski definition) is 5. The van der Waals surface area contributed by atoms with Crippen molar-refractivity contribution in [1.29, 1.82) is 0 Å². The lowest BCUT2D eigenvalue weighted by Gasteiger charge is -2.09. The maximum absolute atomic E-state index is 12.7. The summed E-state index contributed by atoms with van der Waals surface area (Å²) in [4.78, 5) is 29.4. The van der Waals surface area contributed by atoms with Gasteiger partial charge in [0.25, 0.3) is 5.56 Å². The van der Waals surface area contributed by atoms with Crippen molar-refractivity contribution in [2.24, 2.45) is 0 Å². The number of aryl methyl sites for hydroxylation is 1. The summed E-state index contributed by atoms with van der Waals surface area (Å²) in [5.74, 6) is -0.475. The van der Waals surface area contributed by atoms with Crippen molar-refractivity contribution in [2.75, 3.05) is 0 Å². The quantitative estimate of drug-likeness (QED) is 0.463. The fourth-order valence-electron chi connectivity index (χ4n) is 3.40. The molecule has 0 saturated carbocycles. The van der Waals surface area contributed by atoms with E-state index in [0.29, 0.717) is 29.9 Å². The molecular formula is C23H22N4O3. The Labute approximate surface area is 173 Å². The smallest absolute Gasteiger partial charge is 0.342 e. The number of hydrogen-bond donors (Lipinski definition) is 0.